The van der Waals surface area contributed by atoms with Crippen LogP contribution in [0.15, 0.2) is 79.4 Å². The van der Waals surface area contributed by atoms with Crippen molar-refractivity contribution in [3.8, 4) is 17.2 Å². The van der Waals surface area contributed by atoms with Gasteiger partial charge in [-0.25, -0.2) is 9.59 Å². The van der Waals surface area contributed by atoms with Crippen molar-refractivity contribution in [3.63, 3.8) is 0 Å². The summed E-state index contributed by atoms with van der Waals surface area (Å²) in [5.41, 5.74) is 1.14. The van der Waals surface area contributed by atoms with Crippen molar-refractivity contribution in [1.82, 2.24) is 0 Å². The van der Waals surface area contributed by atoms with Gasteiger partial charge in [0.05, 0.1) is 0 Å². The second kappa shape index (κ2) is 9.77. The molecule has 5 heteroatoms. The van der Waals surface area contributed by atoms with Crippen LogP contribution in [0.4, 0.5) is 0 Å². The van der Waals surface area contributed by atoms with E-state index in [9.17, 15) is 9.59 Å². The number of rotatable bonds is 8. The first-order valence-electron chi connectivity index (χ1n) is 8.19. The summed E-state index contributed by atoms with van der Waals surface area (Å²) >= 11 is 0. The van der Waals surface area contributed by atoms with Gasteiger partial charge >= 0.3 is 11.9 Å². The zero-order valence-corrected chi connectivity index (χ0v) is 15.0. The third kappa shape index (κ3) is 6.66. The normalized spacial score (nSPS) is 10.3. The van der Waals surface area contributed by atoms with Crippen molar-refractivity contribution in [1.29, 1.82) is 0 Å². The molecular weight excluding hydrogens is 344 g/mol. The van der Waals surface area contributed by atoms with E-state index in [-0.39, 0.29) is 0 Å². The third-order valence-corrected chi connectivity index (χ3v) is 3.26. The van der Waals surface area contributed by atoms with Gasteiger partial charge in [-0.3, -0.25) is 0 Å². The molecule has 0 saturated carbocycles. The van der Waals surface area contributed by atoms with Crippen LogP contribution in [-0.2, 0) is 9.59 Å². The number of hydrogen-bond acceptors (Lipinski definition) is 5. The summed E-state index contributed by atoms with van der Waals surface area (Å²) in [5.74, 6) is 0.379. The fourth-order valence-corrected chi connectivity index (χ4v) is 1.91. The average molecular weight is 364 g/mol. The van der Waals surface area contributed by atoms with Gasteiger partial charge < -0.3 is 14.2 Å². The molecule has 0 aliphatic heterocycles. The molecule has 2 aromatic rings. The molecule has 2 aromatic carbocycles. The Morgan fingerprint density at radius 2 is 1.48 bits per heavy atom. The molecule has 0 aromatic heterocycles. The van der Waals surface area contributed by atoms with Crippen LogP contribution in [0.5, 0.6) is 17.2 Å². The minimum absolute atomic E-state index is 0.302. The quantitative estimate of drug-likeness (QED) is 0.302. The minimum atomic E-state index is -0.520. The van der Waals surface area contributed by atoms with Crippen molar-refractivity contribution < 1.29 is 23.8 Å². The van der Waals surface area contributed by atoms with E-state index in [1.165, 1.54) is 18.2 Å². The predicted octanol–water partition coefficient (Wildman–Crippen LogP) is 4.35. The highest BCUT2D eigenvalue weighted by molar-refractivity contribution is 5.89. The van der Waals surface area contributed by atoms with Crippen molar-refractivity contribution >= 4 is 18.0 Å². The lowest BCUT2D eigenvalue weighted by Crippen LogP contribution is -2.08. The van der Waals surface area contributed by atoms with Gasteiger partial charge in [-0.15, -0.1) is 0 Å². The molecule has 0 radical (unpaired) electrons. The molecular formula is C22H20O5. The molecule has 5 nitrogen and oxygen atoms in total. The van der Waals surface area contributed by atoms with Crippen molar-refractivity contribution in [2.24, 2.45) is 0 Å². The van der Waals surface area contributed by atoms with Gasteiger partial charge in [0, 0.05) is 11.6 Å². The Hall–Kier alpha value is -3.60. The van der Waals surface area contributed by atoms with E-state index in [0.29, 0.717) is 23.7 Å². The SMILES string of the molecule is C=CCOc1ccc(C=CC(=O)Oc2ccc(OC(=O)C(=C)C)cc2)cc1. The molecule has 0 unspecified atom stereocenters. The van der Waals surface area contributed by atoms with Crippen LogP contribution in [0.3, 0.4) is 0 Å². The summed E-state index contributed by atoms with van der Waals surface area (Å²) in [5, 5.41) is 0. The van der Waals surface area contributed by atoms with Gasteiger partial charge in [0.1, 0.15) is 23.9 Å². The van der Waals surface area contributed by atoms with Crippen molar-refractivity contribution in [2.75, 3.05) is 6.61 Å². The molecule has 0 atom stereocenters. The van der Waals surface area contributed by atoms with E-state index in [0.717, 1.165) is 11.3 Å². The zero-order chi connectivity index (χ0) is 19.6. The molecule has 0 heterocycles. The third-order valence-electron chi connectivity index (χ3n) is 3.26. The smallest absolute Gasteiger partial charge is 0.338 e. The summed E-state index contributed by atoms with van der Waals surface area (Å²) in [7, 11) is 0. The summed E-state index contributed by atoms with van der Waals surface area (Å²) < 4.78 is 15.7. The lowest BCUT2D eigenvalue weighted by molar-refractivity contribution is -0.130. The maximum atomic E-state index is 11.9. The Labute approximate surface area is 158 Å². The topological polar surface area (TPSA) is 61.8 Å². The molecule has 0 N–H and O–H groups in total. The summed E-state index contributed by atoms with van der Waals surface area (Å²) in [6.45, 7) is 9.10. The first kappa shape index (κ1) is 19.7. The van der Waals surface area contributed by atoms with E-state index in [1.54, 1.807) is 43.3 Å². The Balaban J connectivity index is 1.89. The standard InChI is InChI=1S/C22H20O5/c1-4-15-25-18-8-5-17(6-9-18)7-14-21(23)26-19-10-12-20(13-11-19)27-22(24)16(2)3/h4-14H,1-2,15H2,3H3. The molecule has 138 valence electrons. The van der Waals surface area contributed by atoms with Crippen LogP contribution in [0.1, 0.15) is 12.5 Å². The maximum Gasteiger partial charge on any atom is 0.338 e. The Morgan fingerprint density at radius 3 is 2.04 bits per heavy atom. The van der Waals surface area contributed by atoms with E-state index in [1.807, 2.05) is 12.1 Å². The second-order valence-electron chi connectivity index (χ2n) is 5.56. The fraction of sp³-hybridized carbons (Fsp3) is 0.0909. The van der Waals surface area contributed by atoms with Crippen LogP contribution in [-0.4, -0.2) is 18.5 Å². The van der Waals surface area contributed by atoms with E-state index < -0.39 is 11.9 Å². The van der Waals surface area contributed by atoms with Crippen LogP contribution in [0.25, 0.3) is 6.08 Å². The van der Waals surface area contributed by atoms with Gasteiger partial charge in [0.15, 0.2) is 0 Å². The Morgan fingerprint density at radius 1 is 0.926 bits per heavy atom. The largest absolute Gasteiger partial charge is 0.490 e. The van der Waals surface area contributed by atoms with Gasteiger partial charge in [-0.2, -0.15) is 0 Å². The number of carbonyl (C=O) groups excluding carboxylic acids is 2. The second-order valence-corrected chi connectivity index (χ2v) is 5.56. The van der Waals surface area contributed by atoms with E-state index >= 15 is 0 Å². The first-order chi connectivity index (χ1) is 13.0. The summed E-state index contributed by atoms with van der Waals surface area (Å²) in [6.07, 6.45) is 4.64. The van der Waals surface area contributed by atoms with Gasteiger partial charge in [0.2, 0.25) is 0 Å². The monoisotopic (exact) mass is 364 g/mol. The Bertz CT molecular complexity index is 845. The lowest BCUT2D eigenvalue weighted by atomic mass is 10.2. The van der Waals surface area contributed by atoms with Crippen LogP contribution in [0.2, 0.25) is 0 Å². The van der Waals surface area contributed by atoms with Crippen LogP contribution in [0, 0.1) is 0 Å². The molecule has 0 aliphatic carbocycles. The lowest BCUT2D eigenvalue weighted by Gasteiger charge is -2.05. The summed E-state index contributed by atoms with van der Waals surface area (Å²) in [4.78, 5) is 23.3. The maximum absolute atomic E-state index is 11.9. The van der Waals surface area contributed by atoms with Crippen molar-refractivity contribution in [2.45, 2.75) is 6.92 Å². The van der Waals surface area contributed by atoms with E-state index in [2.05, 4.69) is 13.2 Å². The minimum Gasteiger partial charge on any atom is -0.490 e. The number of hydrogen-bond donors (Lipinski definition) is 0. The number of benzene rings is 2. The van der Waals surface area contributed by atoms with Gasteiger partial charge in [-0.05, 0) is 55.0 Å². The number of ether oxygens (including phenoxy) is 3. The molecule has 27 heavy (non-hydrogen) atoms. The molecule has 0 saturated heterocycles. The van der Waals surface area contributed by atoms with E-state index in [4.69, 9.17) is 14.2 Å². The molecule has 0 bridgehead atoms. The molecule has 0 amide bonds. The highest BCUT2D eigenvalue weighted by atomic mass is 16.5. The predicted molar refractivity (Wildman–Crippen MR) is 104 cm³/mol. The average Bonchev–Trinajstić information content (AvgIpc) is 2.67. The highest BCUT2D eigenvalue weighted by Gasteiger charge is 2.06. The zero-order valence-electron chi connectivity index (χ0n) is 15.0. The molecule has 0 aliphatic rings. The molecule has 0 fully saturated rings. The van der Waals surface area contributed by atoms with Gasteiger partial charge in [-0.1, -0.05) is 31.4 Å². The fourth-order valence-electron chi connectivity index (χ4n) is 1.91. The number of carbonyl (C=O) groups is 2. The van der Waals surface area contributed by atoms with Crippen molar-refractivity contribution in [3.05, 3.63) is 85.0 Å². The Kier molecular flexibility index (Phi) is 7.14. The highest BCUT2D eigenvalue weighted by Crippen LogP contribution is 2.19. The van der Waals surface area contributed by atoms with Crippen LogP contribution < -0.4 is 14.2 Å². The molecule has 0 spiro atoms. The number of esters is 2. The first-order valence-corrected chi connectivity index (χ1v) is 8.19. The van der Waals surface area contributed by atoms with Crippen LogP contribution >= 0.6 is 0 Å². The summed E-state index contributed by atoms with van der Waals surface area (Å²) in [6, 6.07) is 13.4. The van der Waals surface area contributed by atoms with Gasteiger partial charge in [0.25, 0.3) is 0 Å². The molecule has 2 rings (SSSR count).